The van der Waals surface area contributed by atoms with Crippen LogP contribution in [0.15, 0.2) is 0 Å². The van der Waals surface area contributed by atoms with Crippen LogP contribution >= 0.6 is 0 Å². The summed E-state index contributed by atoms with van der Waals surface area (Å²) in [6.45, 7) is 7.56. The Morgan fingerprint density at radius 2 is 2.00 bits per heavy atom. The second kappa shape index (κ2) is 6.77. The van der Waals surface area contributed by atoms with Gasteiger partial charge in [0.25, 0.3) is 0 Å². The van der Waals surface area contributed by atoms with Crippen LogP contribution in [0.3, 0.4) is 0 Å². The number of rotatable bonds is 6. The van der Waals surface area contributed by atoms with Crippen molar-refractivity contribution in [1.29, 1.82) is 0 Å². The molecule has 5 nitrogen and oxygen atoms in total. The van der Waals surface area contributed by atoms with E-state index in [1.807, 2.05) is 20.8 Å². The first-order valence-corrected chi connectivity index (χ1v) is 7.82. The summed E-state index contributed by atoms with van der Waals surface area (Å²) in [6, 6.07) is 0. The first kappa shape index (κ1) is 18.0. The lowest BCUT2D eigenvalue weighted by molar-refractivity contribution is -0.156. The van der Waals surface area contributed by atoms with E-state index < -0.39 is 17.1 Å². The molecule has 5 heteroatoms. The zero-order chi connectivity index (χ0) is 16.3. The Hall–Kier alpha value is -1.10. The van der Waals surface area contributed by atoms with Crippen LogP contribution in [0, 0.1) is 11.8 Å². The zero-order valence-corrected chi connectivity index (χ0v) is 13.6. The molecule has 3 unspecified atom stereocenters. The Labute approximate surface area is 127 Å². The number of nitrogens with two attached hydrogens (primary N) is 1. The highest BCUT2D eigenvalue weighted by molar-refractivity contribution is 5.80. The lowest BCUT2D eigenvalue weighted by atomic mass is 9.84. The number of carboxylic acid groups (broad SMARTS) is 1. The molecule has 0 aromatic heterocycles. The number of carbonyl (C=O) groups excluding carboxylic acids is 1. The van der Waals surface area contributed by atoms with Gasteiger partial charge in [-0.05, 0) is 51.9 Å². The van der Waals surface area contributed by atoms with Crippen molar-refractivity contribution in [2.75, 3.05) is 0 Å². The molecule has 0 aromatic rings. The van der Waals surface area contributed by atoms with Crippen LogP contribution in [0.2, 0.25) is 0 Å². The van der Waals surface area contributed by atoms with Crippen molar-refractivity contribution in [3.8, 4) is 0 Å². The minimum absolute atomic E-state index is 0.00260. The molecule has 1 rings (SSSR count). The SMILES string of the molecule is CCCCC1CC(CC(=O)OC(C)(C)C)CC1(N)C(=O)O. The summed E-state index contributed by atoms with van der Waals surface area (Å²) in [6.07, 6.45) is 4.10. The first-order valence-electron chi connectivity index (χ1n) is 7.82. The lowest BCUT2D eigenvalue weighted by Gasteiger charge is -2.26. The number of aliphatic carboxylic acids is 1. The maximum absolute atomic E-state index is 11.9. The van der Waals surface area contributed by atoms with Gasteiger partial charge in [-0.1, -0.05) is 19.8 Å². The lowest BCUT2D eigenvalue weighted by Crippen LogP contribution is -2.51. The number of carboxylic acids is 1. The highest BCUT2D eigenvalue weighted by atomic mass is 16.6. The number of esters is 1. The fourth-order valence-corrected chi connectivity index (χ4v) is 3.20. The van der Waals surface area contributed by atoms with E-state index in [1.165, 1.54) is 0 Å². The summed E-state index contributed by atoms with van der Waals surface area (Å²) in [5.74, 6) is -1.27. The molecule has 0 saturated heterocycles. The molecule has 1 saturated carbocycles. The predicted octanol–water partition coefficient (Wildman–Crippen LogP) is 2.72. The molecule has 1 aliphatic rings. The van der Waals surface area contributed by atoms with Crippen molar-refractivity contribution in [2.45, 2.75) is 77.4 Å². The molecular weight excluding hydrogens is 270 g/mol. The van der Waals surface area contributed by atoms with Gasteiger partial charge in [0.1, 0.15) is 11.1 Å². The van der Waals surface area contributed by atoms with Gasteiger partial charge in [-0.25, -0.2) is 0 Å². The number of hydrogen-bond acceptors (Lipinski definition) is 4. The molecule has 21 heavy (non-hydrogen) atoms. The first-order chi connectivity index (χ1) is 9.58. The molecule has 3 atom stereocenters. The summed E-state index contributed by atoms with van der Waals surface area (Å²) in [5, 5.41) is 9.44. The van der Waals surface area contributed by atoms with Crippen molar-refractivity contribution in [3.63, 3.8) is 0 Å². The van der Waals surface area contributed by atoms with Crippen LogP contribution in [-0.4, -0.2) is 28.2 Å². The van der Waals surface area contributed by atoms with E-state index in [0.29, 0.717) is 12.8 Å². The van der Waals surface area contributed by atoms with Crippen molar-refractivity contribution >= 4 is 11.9 Å². The fourth-order valence-electron chi connectivity index (χ4n) is 3.20. The van der Waals surface area contributed by atoms with Crippen molar-refractivity contribution < 1.29 is 19.4 Å². The van der Waals surface area contributed by atoms with E-state index in [2.05, 4.69) is 6.92 Å². The Kier molecular flexibility index (Phi) is 5.79. The molecule has 1 fully saturated rings. The van der Waals surface area contributed by atoms with Gasteiger partial charge < -0.3 is 15.6 Å². The number of ether oxygens (including phenoxy) is 1. The summed E-state index contributed by atoms with van der Waals surface area (Å²) in [5.41, 5.74) is 4.43. The van der Waals surface area contributed by atoms with E-state index in [9.17, 15) is 14.7 Å². The number of hydrogen-bond donors (Lipinski definition) is 2. The molecule has 0 radical (unpaired) electrons. The molecule has 3 N–H and O–H groups in total. The van der Waals surface area contributed by atoms with Gasteiger partial charge >= 0.3 is 11.9 Å². The minimum Gasteiger partial charge on any atom is -0.480 e. The molecule has 0 aromatic carbocycles. The Balaban J connectivity index is 2.67. The standard InChI is InChI=1S/C16H29NO4/c1-5-6-7-12-8-11(10-16(12,17)14(19)20)9-13(18)21-15(2,3)4/h11-12H,5-10,17H2,1-4H3,(H,19,20). The van der Waals surface area contributed by atoms with Crippen LogP contribution in [0.4, 0.5) is 0 Å². The largest absolute Gasteiger partial charge is 0.480 e. The van der Waals surface area contributed by atoms with Crippen molar-refractivity contribution in [3.05, 3.63) is 0 Å². The molecule has 0 bridgehead atoms. The third kappa shape index (κ3) is 4.99. The third-order valence-corrected chi connectivity index (χ3v) is 4.15. The van der Waals surface area contributed by atoms with Gasteiger partial charge in [0.05, 0.1) is 0 Å². The van der Waals surface area contributed by atoms with E-state index in [1.54, 1.807) is 0 Å². The highest BCUT2D eigenvalue weighted by Crippen LogP contribution is 2.42. The quantitative estimate of drug-likeness (QED) is 0.736. The van der Waals surface area contributed by atoms with E-state index in [4.69, 9.17) is 10.5 Å². The maximum atomic E-state index is 11.9. The minimum atomic E-state index is -1.19. The average molecular weight is 299 g/mol. The van der Waals surface area contributed by atoms with Gasteiger partial charge in [-0.2, -0.15) is 0 Å². The molecular formula is C16H29NO4. The Morgan fingerprint density at radius 1 is 1.38 bits per heavy atom. The van der Waals surface area contributed by atoms with Gasteiger partial charge in [0.15, 0.2) is 0 Å². The Morgan fingerprint density at radius 3 is 2.48 bits per heavy atom. The average Bonchev–Trinajstić information content (AvgIpc) is 2.61. The van der Waals surface area contributed by atoms with Crippen molar-refractivity contribution in [1.82, 2.24) is 0 Å². The summed E-state index contributed by atoms with van der Waals surface area (Å²) < 4.78 is 5.32. The highest BCUT2D eigenvalue weighted by Gasteiger charge is 2.50. The summed E-state index contributed by atoms with van der Waals surface area (Å²) in [4.78, 5) is 23.4. The van der Waals surface area contributed by atoms with E-state index in [0.717, 1.165) is 19.3 Å². The van der Waals surface area contributed by atoms with E-state index in [-0.39, 0.29) is 24.2 Å². The summed E-state index contributed by atoms with van der Waals surface area (Å²) in [7, 11) is 0. The van der Waals surface area contributed by atoms with Crippen LogP contribution in [0.25, 0.3) is 0 Å². The molecule has 0 heterocycles. The van der Waals surface area contributed by atoms with E-state index >= 15 is 0 Å². The Bertz CT molecular complexity index is 388. The topological polar surface area (TPSA) is 89.6 Å². The fraction of sp³-hybridized carbons (Fsp3) is 0.875. The predicted molar refractivity (Wildman–Crippen MR) is 80.8 cm³/mol. The second-order valence-electron chi connectivity index (χ2n) is 7.28. The van der Waals surface area contributed by atoms with Gasteiger partial charge in [0.2, 0.25) is 0 Å². The van der Waals surface area contributed by atoms with Gasteiger partial charge in [0, 0.05) is 6.42 Å². The van der Waals surface area contributed by atoms with Crippen LogP contribution in [0.5, 0.6) is 0 Å². The monoisotopic (exact) mass is 299 g/mol. The van der Waals surface area contributed by atoms with Crippen molar-refractivity contribution in [2.24, 2.45) is 17.6 Å². The molecule has 0 aliphatic heterocycles. The van der Waals surface area contributed by atoms with Gasteiger partial charge in [-0.3, -0.25) is 9.59 Å². The maximum Gasteiger partial charge on any atom is 0.323 e. The summed E-state index contributed by atoms with van der Waals surface area (Å²) >= 11 is 0. The van der Waals surface area contributed by atoms with Gasteiger partial charge in [-0.15, -0.1) is 0 Å². The number of carbonyl (C=O) groups is 2. The number of unbranched alkanes of at least 4 members (excludes halogenated alkanes) is 1. The second-order valence-corrected chi connectivity index (χ2v) is 7.28. The molecule has 1 aliphatic carbocycles. The molecule has 0 spiro atoms. The smallest absolute Gasteiger partial charge is 0.323 e. The zero-order valence-electron chi connectivity index (χ0n) is 13.6. The molecule has 0 amide bonds. The molecule has 122 valence electrons. The van der Waals surface area contributed by atoms with Crippen LogP contribution < -0.4 is 5.73 Å². The normalized spacial score (nSPS) is 29.4. The van der Waals surface area contributed by atoms with Crippen LogP contribution in [0.1, 0.15) is 66.2 Å². The van der Waals surface area contributed by atoms with Crippen LogP contribution in [-0.2, 0) is 14.3 Å². The third-order valence-electron chi connectivity index (χ3n) is 4.15.